The molecule has 1 saturated heterocycles. The average Bonchev–Trinajstić information content (AvgIpc) is 3.35. The largest absolute Gasteiger partial charge is 0.491 e. The molecule has 1 atom stereocenters. The van der Waals surface area contributed by atoms with Crippen molar-refractivity contribution in [2.45, 2.75) is 39.3 Å². The van der Waals surface area contributed by atoms with Crippen LogP contribution in [0.25, 0.3) is 11.2 Å². The van der Waals surface area contributed by atoms with Crippen molar-refractivity contribution >= 4 is 17.1 Å². The smallest absolute Gasteiger partial charge is 0.329 e. The molecular weight excluding hydrogens is 386 g/mol. The van der Waals surface area contributed by atoms with Gasteiger partial charge < -0.3 is 19.3 Å². The summed E-state index contributed by atoms with van der Waals surface area (Å²) in [7, 11) is 1.57. The highest BCUT2D eigenvalue weighted by molar-refractivity contribution is 5.74. The van der Waals surface area contributed by atoms with Crippen molar-refractivity contribution in [3.05, 3.63) is 50.2 Å². The summed E-state index contributed by atoms with van der Waals surface area (Å²) in [6.07, 6.45) is 1.22. The zero-order valence-corrected chi connectivity index (χ0v) is 17.5. The predicted molar refractivity (Wildman–Crippen MR) is 114 cm³/mol. The van der Waals surface area contributed by atoms with E-state index in [1.54, 1.807) is 11.6 Å². The molecule has 0 amide bonds. The summed E-state index contributed by atoms with van der Waals surface area (Å²) in [6.45, 7) is 5.90. The van der Waals surface area contributed by atoms with E-state index in [2.05, 4.69) is 14.9 Å². The van der Waals surface area contributed by atoms with Gasteiger partial charge in [-0.2, -0.15) is 4.98 Å². The summed E-state index contributed by atoms with van der Waals surface area (Å²) in [4.78, 5) is 33.6. The molecule has 4 rings (SSSR count). The van der Waals surface area contributed by atoms with Gasteiger partial charge in [-0.1, -0.05) is 6.07 Å². The fraction of sp³-hybridized carbons (Fsp3) is 0.476. The maximum absolute atomic E-state index is 12.6. The Balaban J connectivity index is 1.64. The van der Waals surface area contributed by atoms with Crippen LogP contribution in [-0.2, 0) is 13.6 Å². The normalized spacial score (nSPS) is 15.1. The fourth-order valence-corrected chi connectivity index (χ4v) is 3.81. The third-order valence-corrected chi connectivity index (χ3v) is 5.69. The van der Waals surface area contributed by atoms with Gasteiger partial charge in [0, 0.05) is 20.1 Å². The molecule has 2 aromatic heterocycles. The second kappa shape index (κ2) is 7.98. The van der Waals surface area contributed by atoms with Gasteiger partial charge in [0.25, 0.3) is 5.56 Å². The SMILES string of the molecule is Cc1ccc(OC[C@H](O)Cn2c(N3CCCC3)nc3c2c(=O)[nH]c(=O)n3C)cc1C. The number of H-pyrrole nitrogens is 1. The molecule has 160 valence electrons. The molecule has 3 heterocycles. The number of hydrogen-bond donors (Lipinski definition) is 2. The molecule has 2 N–H and O–H groups in total. The summed E-state index contributed by atoms with van der Waals surface area (Å²) in [5.41, 5.74) is 1.87. The van der Waals surface area contributed by atoms with Crippen molar-refractivity contribution in [2.24, 2.45) is 7.05 Å². The van der Waals surface area contributed by atoms with Gasteiger partial charge >= 0.3 is 5.69 Å². The summed E-state index contributed by atoms with van der Waals surface area (Å²) < 4.78 is 8.79. The van der Waals surface area contributed by atoms with Crippen molar-refractivity contribution in [1.29, 1.82) is 0 Å². The zero-order valence-electron chi connectivity index (χ0n) is 17.5. The maximum Gasteiger partial charge on any atom is 0.329 e. The lowest BCUT2D eigenvalue weighted by Crippen LogP contribution is -2.31. The number of hydrogen-bond acceptors (Lipinski definition) is 6. The highest BCUT2D eigenvalue weighted by Gasteiger charge is 2.25. The van der Waals surface area contributed by atoms with E-state index in [0.29, 0.717) is 17.3 Å². The van der Waals surface area contributed by atoms with Gasteiger partial charge in [0.1, 0.15) is 18.5 Å². The number of fused-ring (bicyclic) bond motifs is 1. The van der Waals surface area contributed by atoms with Gasteiger partial charge in [-0.15, -0.1) is 0 Å². The molecule has 0 saturated carbocycles. The Morgan fingerprint density at radius 3 is 2.63 bits per heavy atom. The van der Waals surface area contributed by atoms with Crippen molar-refractivity contribution in [2.75, 3.05) is 24.6 Å². The number of ether oxygens (including phenoxy) is 1. The monoisotopic (exact) mass is 413 g/mol. The fourth-order valence-electron chi connectivity index (χ4n) is 3.81. The Hall–Kier alpha value is -3.07. The number of benzene rings is 1. The van der Waals surface area contributed by atoms with E-state index in [1.165, 1.54) is 10.1 Å². The van der Waals surface area contributed by atoms with Gasteiger partial charge in [-0.25, -0.2) is 4.79 Å². The number of nitrogens with zero attached hydrogens (tertiary/aromatic N) is 4. The molecule has 1 aliphatic heterocycles. The minimum Gasteiger partial charge on any atom is -0.491 e. The third kappa shape index (κ3) is 3.72. The molecule has 1 fully saturated rings. The second-order valence-electron chi connectivity index (χ2n) is 7.92. The number of aliphatic hydroxyl groups excluding tert-OH is 1. The van der Waals surface area contributed by atoms with Crippen molar-refractivity contribution in [1.82, 2.24) is 19.1 Å². The number of anilines is 1. The second-order valence-corrected chi connectivity index (χ2v) is 7.92. The Morgan fingerprint density at radius 2 is 1.93 bits per heavy atom. The van der Waals surface area contributed by atoms with E-state index >= 15 is 0 Å². The maximum atomic E-state index is 12.6. The van der Waals surface area contributed by atoms with Crippen LogP contribution in [0, 0.1) is 13.8 Å². The predicted octanol–water partition coefficient (Wildman–Crippen LogP) is 1.08. The van der Waals surface area contributed by atoms with Gasteiger partial charge in [0.2, 0.25) is 5.95 Å². The lowest BCUT2D eigenvalue weighted by atomic mass is 10.1. The topological polar surface area (TPSA) is 105 Å². The molecule has 0 radical (unpaired) electrons. The highest BCUT2D eigenvalue weighted by atomic mass is 16.5. The van der Waals surface area contributed by atoms with E-state index in [-0.39, 0.29) is 18.7 Å². The van der Waals surface area contributed by atoms with Crippen LogP contribution >= 0.6 is 0 Å². The number of aromatic nitrogens is 4. The molecule has 0 aliphatic carbocycles. The molecule has 9 heteroatoms. The Labute approximate surface area is 173 Å². The van der Waals surface area contributed by atoms with Crippen LogP contribution < -0.4 is 20.9 Å². The van der Waals surface area contributed by atoms with Crippen LogP contribution in [0.1, 0.15) is 24.0 Å². The number of nitrogens with one attached hydrogen (secondary N) is 1. The zero-order chi connectivity index (χ0) is 21.4. The lowest BCUT2D eigenvalue weighted by Gasteiger charge is -2.20. The van der Waals surface area contributed by atoms with Crippen LogP contribution in [0.15, 0.2) is 27.8 Å². The quantitative estimate of drug-likeness (QED) is 0.627. The Bertz CT molecular complexity index is 1190. The van der Waals surface area contributed by atoms with Crippen LogP contribution in [0.3, 0.4) is 0 Å². The third-order valence-electron chi connectivity index (χ3n) is 5.69. The van der Waals surface area contributed by atoms with Gasteiger partial charge in [0.05, 0.1) is 6.54 Å². The van der Waals surface area contributed by atoms with E-state index in [9.17, 15) is 14.7 Å². The molecular formula is C21H27N5O4. The lowest BCUT2D eigenvalue weighted by molar-refractivity contribution is 0.0936. The molecule has 1 aromatic carbocycles. The summed E-state index contributed by atoms with van der Waals surface area (Å²) in [6, 6.07) is 5.79. The van der Waals surface area contributed by atoms with Crippen molar-refractivity contribution in [3.8, 4) is 5.75 Å². The first-order valence-corrected chi connectivity index (χ1v) is 10.2. The number of rotatable bonds is 6. The van der Waals surface area contributed by atoms with E-state index < -0.39 is 17.4 Å². The first-order chi connectivity index (χ1) is 14.3. The number of imidazole rings is 1. The van der Waals surface area contributed by atoms with Crippen molar-refractivity contribution < 1.29 is 9.84 Å². The molecule has 30 heavy (non-hydrogen) atoms. The molecule has 3 aromatic rings. The summed E-state index contributed by atoms with van der Waals surface area (Å²) in [5.74, 6) is 1.28. The first-order valence-electron chi connectivity index (χ1n) is 10.2. The summed E-state index contributed by atoms with van der Waals surface area (Å²) >= 11 is 0. The van der Waals surface area contributed by atoms with E-state index in [1.807, 2.05) is 32.0 Å². The van der Waals surface area contributed by atoms with E-state index in [0.717, 1.165) is 31.5 Å². The summed E-state index contributed by atoms with van der Waals surface area (Å²) in [5, 5.41) is 10.7. The van der Waals surface area contributed by atoms with E-state index in [4.69, 9.17) is 4.74 Å². The molecule has 0 unspecified atom stereocenters. The molecule has 0 spiro atoms. The standard InChI is InChI=1S/C21H27N5O4/c1-13-6-7-16(10-14(13)2)30-12-15(27)11-26-17-18(24(3)21(29)23-19(17)28)22-20(26)25-8-4-5-9-25/h6-7,10,15,27H,4-5,8-9,11-12H2,1-3H3,(H,23,28,29)/t15-/m1/s1. The molecule has 0 bridgehead atoms. The Morgan fingerprint density at radius 1 is 1.20 bits per heavy atom. The Kier molecular flexibility index (Phi) is 5.38. The van der Waals surface area contributed by atoms with Gasteiger partial charge in [-0.3, -0.25) is 14.3 Å². The van der Waals surface area contributed by atoms with Crippen LogP contribution in [0.2, 0.25) is 0 Å². The van der Waals surface area contributed by atoms with Crippen LogP contribution in [0.4, 0.5) is 5.95 Å². The number of aryl methyl sites for hydroxylation is 3. The molecule has 9 nitrogen and oxygen atoms in total. The molecule has 1 aliphatic rings. The minimum absolute atomic E-state index is 0.0747. The average molecular weight is 413 g/mol. The van der Waals surface area contributed by atoms with Crippen molar-refractivity contribution in [3.63, 3.8) is 0 Å². The number of aromatic amines is 1. The first kappa shape index (κ1) is 20.2. The van der Waals surface area contributed by atoms with Gasteiger partial charge in [0.15, 0.2) is 11.2 Å². The minimum atomic E-state index is -0.859. The van der Waals surface area contributed by atoms with Gasteiger partial charge in [-0.05, 0) is 49.9 Å². The number of aliphatic hydroxyl groups is 1. The van der Waals surface area contributed by atoms with Crippen LogP contribution in [0.5, 0.6) is 5.75 Å². The highest BCUT2D eigenvalue weighted by Crippen LogP contribution is 2.24. The van der Waals surface area contributed by atoms with Crippen LogP contribution in [-0.4, -0.2) is 50.0 Å².